The number of nitrogens with zero attached hydrogens (tertiary/aromatic N) is 2. The lowest BCUT2D eigenvalue weighted by molar-refractivity contribution is 0.101. The zero-order valence-corrected chi connectivity index (χ0v) is 12.2. The SMILES string of the molecule is Cc1nc(Br)ccc1NC(=O)c1cc(Cl)cn1C. The van der Waals surface area contributed by atoms with E-state index < -0.39 is 0 Å². The molecular weight excluding hydrogens is 318 g/mol. The second-order valence-electron chi connectivity index (χ2n) is 3.88. The summed E-state index contributed by atoms with van der Waals surface area (Å²) in [7, 11) is 1.77. The number of hydrogen-bond donors (Lipinski definition) is 1. The molecule has 0 atom stereocenters. The fourth-order valence-electron chi connectivity index (χ4n) is 1.60. The predicted molar refractivity (Wildman–Crippen MR) is 75.1 cm³/mol. The van der Waals surface area contributed by atoms with Gasteiger partial charge in [-0.2, -0.15) is 0 Å². The van der Waals surface area contributed by atoms with Crippen LogP contribution in [0.1, 0.15) is 16.2 Å². The van der Waals surface area contributed by atoms with Crippen LogP contribution in [0.2, 0.25) is 5.02 Å². The third-order valence-corrected chi connectivity index (χ3v) is 3.15. The lowest BCUT2D eigenvalue weighted by atomic mass is 10.3. The molecule has 0 fully saturated rings. The molecule has 0 unspecified atom stereocenters. The first kappa shape index (κ1) is 13.1. The van der Waals surface area contributed by atoms with E-state index in [1.807, 2.05) is 6.92 Å². The number of aromatic nitrogens is 2. The highest BCUT2D eigenvalue weighted by Gasteiger charge is 2.12. The largest absolute Gasteiger partial charge is 0.345 e. The summed E-state index contributed by atoms with van der Waals surface area (Å²) in [5.41, 5.74) is 1.93. The lowest BCUT2D eigenvalue weighted by Gasteiger charge is -2.08. The van der Waals surface area contributed by atoms with Gasteiger partial charge in [0.1, 0.15) is 10.3 Å². The van der Waals surface area contributed by atoms with Crippen molar-refractivity contribution in [3.05, 3.63) is 45.4 Å². The van der Waals surface area contributed by atoms with Crippen molar-refractivity contribution < 1.29 is 4.79 Å². The lowest BCUT2D eigenvalue weighted by Crippen LogP contribution is -2.16. The molecule has 2 heterocycles. The van der Waals surface area contributed by atoms with Gasteiger partial charge in [-0.05, 0) is 41.1 Å². The molecule has 0 radical (unpaired) electrons. The van der Waals surface area contributed by atoms with E-state index in [4.69, 9.17) is 11.6 Å². The number of carbonyl (C=O) groups is 1. The van der Waals surface area contributed by atoms with Gasteiger partial charge in [-0.25, -0.2) is 4.98 Å². The Balaban J connectivity index is 2.24. The number of halogens is 2. The van der Waals surface area contributed by atoms with Crippen molar-refractivity contribution >= 4 is 39.1 Å². The quantitative estimate of drug-likeness (QED) is 0.859. The predicted octanol–water partition coefficient (Wildman–Crippen LogP) is 3.40. The summed E-state index contributed by atoms with van der Waals surface area (Å²) in [6.45, 7) is 1.83. The number of hydrogen-bond acceptors (Lipinski definition) is 2. The van der Waals surface area contributed by atoms with E-state index in [1.165, 1.54) is 0 Å². The molecule has 2 aromatic rings. The molecule has 2 aromatic heterocycles. The molecule has 0 aliphatic rings. The summed E-state index contributed by atoms with van der Waals surface area (Å²) in [5, 5.41) is 3.34. The number of amides is 1. The van der Waals surface area contributed by atoms with Gasteiger partial charge in [-0.15, -0.1) is 0 Å². The van der Waals surface area contributed by atoms with Crippen LogP contribution in [0.3, 0.4) is 0 Å². The van der Waals surface area contributed by atoms with Crippen LogP contribution < -0.4 is 5.32 Å². The monoisotopic (exact) mass is 327 g/mol. The van der Waals surface area contributed by atoms with Gasteiger partial charge in [0.15, 0.2) is 0 Å². The van der Waals surface area contributed by atoms with Crippen molar-refractivity contribution in [1.82, 2.24) is 9.55 Å². The average molecular weight is 329 g/mol. The summed E-state index contributed by atoms with van der Waals surface area (Å²) in [4.78, 5) is 16.3. The minimum absolute atomic E-state index is 0.211. The van der Waals surface area contributed by atoms with Gasteiger partial charge in [0.25, 0.3) is 5.91 Å². The Morgan fingerprint density at radius 3 is 2.78 bits per heavy atom. The van der Waals surface area contributed by atoms with Crippen molar-refractivity contribution in [3.8, 4) is 0 Å². The maximum absolute atomic E-state index is 12.1. The van der Waals surface area contributed by atoms with Gasteiger partial charge in [-0.1, -0.05) is 11.6 Å². The van der Waals surface area contributed by atoms with Crippen molar-refractivity contribution in [2.24, 2.45) is 7.05 Å². The zero-order valence-electron chi connectivity index (χ0n) is 9.87. The fourth-order valence-corrected chi connectivity index (χ4v) is 2.25. The normalized spacial score (nSPS) is 10.4. The highest BCUT2D eigenvalue weighted by atomic mass is 79.9. The van der Waals surface area contributed by atoms with Crippen LogP contribution in [0.25, 0.3) is 0 Å². The third kappa shape index (κ3) is 2.73. The van der Waals surface area contributed by atoms with Crippen LogP contribution in [-0.2, 0) is 7.05 Å². The summed E-state index contributed by atoms with van der Waals surface area (Å²) in [5.74, 6) is -0.211. The van der Waals surface area contributed by atoms with Crippen molar-refractivity contribution in [1.29, 1.82) is 0 Å². The molecule has 0 saturated carbocycles. The Labute approximate surface area is 118 Å². The van der Waals surface area contributed by atoms with Crippen LogP contribution in [0.4, 0.5) is 5.69 Å². The molecule has 0 aliphatic carbocycles. The summed E-state index contributed by atoms with van der Waals surface area (Å²) in [6, 6.07) is 5.20. The molecule has 6 heteroatoms. The molecule has 0 aliphatic heterocycles. The van der Waals surface area contributed by atoms with Gasteiger partial charge < -0.3 is 9.88 Å². The van der Waals surface area contributed by atoms with E-state index in [-0.39, 0.29) is 5.91 Å². The molecule has 0 saturated heterocycles. The Morgan fingerprint density at radius 1 is 1.50 bits per heavy atom. The van der Waals surface area contributed by atoms with Crippen molar-refractivity contribution in [2.75, 3.05) is 5.32 Å². The molecular formula is C12H11BrClN3O. The molecule has 1 N–H and O–H groups in total. The molecule has 0 spiro atoms. The summed E-state index contributed by atoms with van der Waals surface area (Å²) < 4.78 is 2.42. The van der Waals surface area contributed by atoms with Gasteiger partial charge in [0.2, 0.25) is 0 Å². The van der Waals surface area contributed by atoms with Crippen LogP contribution in [0.5, 0.6) is 0 Å². The van der Waals surface area contributed by atoms with E-state index >= 15 is 0 Å². The minimum Gasteiger partial charge on any atom is -0.345 e. The molecule has 1 amide bonds. The fraction of sp³-hybridized carbons (Fsp3) is 0.167. The summed E-state index contributed by atoms with van der Waals surface area (Å²) >= 11 is 9.12. The standard InChI is InChI=1S/C12H11BrClN3O/c1-7-9(3-4-11(13)15-7)16-12(18)10-5-8(14)6-17(10)2/h3-6H,1-2H3,(H,16,18). The van der Waals surface area contributed by atoms with Gasteiger partial charge in [-0.3, -0.25) is 4.79 Å². The molecule has 94 valence electrons. The molecule has 0 aromatic carbocycles. The van der Waals surface area contributed by atoms with Crippen LogP contribution in [-0.4, -0.2) is 15.5 Å². The molecule has 18 heavy (non-hydrogen) atoms. The highest BCUT2D eigenvalue weighted by molar-refractivity contribution is 9.10. The molecule has 2 rings (SSSR count). The maximum atomic E-state index is 12.1. The Morgan fingerprint density at radius 2 is 2.22 bits per heavy atom. The van der Waals surface area contributed by atoms with E-state index in [0.29, 0.717) is 16.4 Å². The smallest absolute Gasteiger partial charge is 0.272 e. The molecule has 0 bridgehead atoms. The first-order valence-electron chi connectivity index (χ1n) is 5.24. The Hall–Kier alpha value is -1.33. The van der Waals surface area contributed by atoms with Gasteiger partial charge >= 0.3 is 0 Å². The second kappa shape index (κ2) is 5.12. The number of pyridine rings is 1. The van der Waals surface area contributed by atoms with E-state index in [1.54, 1.807) is 36.0 Å². The van der Waals surface area contributed by atoms with E-state index in [2.05, 4.69) is 26.2 Å². The average Bonchev–Trinajstić information content (AvgIpc) is 2.62. The van der Waals surface area contributed by atoms with E-state index in [9.17, 15) is 4.79 Å². The Bertz CT molecular complexity index is 609. The number of carbonyl (C=O) groups excluding carboxylic acids is 1. The zero-order chi connectivity index (χ0) is 13.3. The molecule has 4 nitrogen and oxygen atoms in total. The third-order valence-electron chi connectivity index (χ3n) is 2.50. The number of anilines is 1. The topological polar surface area (TPSA) is 46.9 Å². The van der Waals surface area contributed by atoms with Crippen LogP contribution >= 0.6 is 27.5 Å². The number of aryl methyl sites for hydroxylation is 2. The van der Waals surface area contributed by atoms with Gasteiger partial charge in [0.05, 0.1) is 16.4 Å². The first-order chi connectivity index (χ1) is 8.47. The van der Waals surface area contributed by atoms with Gasteiger partial charge in [0, 0.05) is 13.2 Å². The minimum atomic E-state index is -0.211. The van der Waals surface area contributed by atoms with E-state index in [0.717, 1.165) is 10.3 Å². The number of rotatable bonds is 2. The van der Waals surface area contributed by atoms with Crippen molar-refractivity contribution in [3.63, 3.8) is 0 Å². The maximum Gasteiger partial charge on any atom is 0.272 e. The number of nitrogens with one attached hydrogen (secondary N) is 1. The summed E-state index contributed by atoms with van der Waals surface area (Å²) in [6.07, 6.45) is 1.68. The first-order valence-corrected chi connectivity index (χ1v) is 6.41. The highest BCUT2D eigenvalue weighted by Crippen LogP contribution is 2.18. The second-order valence-corrected chi connectivity index (χ2v) is 5.12. The van der Waals surface area contributed by atoms with Crippen LogP contribution in [0.15, 0.2) is 29.0 Å². The Kier molecular flexibility index (Phi) is 3.73. The van der Waals surface area contributed by atoms with Crippen LogP contribution in [0, 0.1) is 6.92 Å². The van der Waals surface area contributed by atoms with Crippen molar-refractivity contribution in [2.45, 2.75) is 6.92 Å².